The van der Waals surface area contributed by atoms with Crippen LogP contribution in [0.5, 0.6) is 0 Å². The van der Waals surface area contributed by atoms with Crippen molar-refractivity contribution >= 4 is 5.91 Å². The molecule has 1 atom stereocenters. The van der Waals surface area contributed by atoms with E-state index in [2.05, 4.69) is 10.2 Å². The molecule has 0 spiro atoms. The van der Waals surface area contributed by atoms with Crippen molar-refractivity contribution in [3.05, 3.63) is 52.8 Å². The van der Waals surface area contributed by atoms with Gasteiger partial charge in [-0.15, -0.1) is 0 Å². The molecule has 1 aromatic heterocycles. The van der Waals surface area contributed by atoms with Crippen molar-refractivity contribution in [3.63, 3.8) is 0 Å². The fraction of sp³-hybridized carbons (Fsp3) is 0.412. The Morgan fingerprint density at radius 1 is 1.36 bits per heavy atom. The number of alkyl halides is 1. The van der Waals surface area contributed by atoms with Crippen molar-refractivity contribution in [2.24, 2.45) is 0 Å². The molecule has 1 amide bonds. The molecule has 1 aliphatic heterocycles. The number of likely N-dealkylation sites (tertiary alicyclic amines) is 1. The van der Waals surface area contributed by atoms with Gasteiger partial charge in [-0.05, 0) is 19.4 Å². The van der Waals surface area contributed by atoms with E-state index < -0.39 is 5.67 Å². The maximum absolute atomic E-state index is 15.1. The standard InChI is InChI=1S/C17H20FN3O/c1-12-15(13(2)20-19-12)10-16(22)21-9-8-17(18,11-21)14-6-4-3-5-7-14/h3-7H,8-11H2,1-2H3,(H,19,20). The summed E-state index contributed by atoms with van der Waals surface area (Å²) in [6.45, 7) is 4.36. The lowest BCUT2D eigenvalue weighted by molar-refractivity contribution is -0.130. The second kappa shape index (κ2) is 5.55. The Morgan fingerprint density at radius 2 is 2.09 bits per heavy atom. The van der Waals surface area contributed by atoms with E-state index in [9.17, 15) is 4.79 Å². The van der Waals surface area contributed by atoms with Gasteiger partial charge >= 0.3 is 0 Å². The third-order valence-corrected chi connectivity index (χ3v) is 4.47. The van der Waals surface area contributed by atoms with E-state index in [1.807, 2.05) is 32.0 Å². The van der Waals surface area contributed by atoms with Crippen molar-refractivity contribution < 1.29 is 9.18 Å². The molecule has 2 aromatic rings. The van der Waals surface area contributed by atoms with E-state index in [0.717, 1.165) is 17.0 Å². The van der Waals surface area contributed by atoms with Gasteiger partial charge in [-0.3, -0.25) is 9.89 Å². The van der Waals surface area contributed by atoms with Gasteiger partial charge in [0, 0.05) is 24.2 Å². The summed E-state index contributed by atoms with van der Waals surface area (Å²) in [7, 11) is 0. The highest BCUT2D eigenvalue weighted by Crippen LogP contribution is 2.36. The van der Waals surface area contributed by atoms with E-state index >= 15 is 4.39 Å². The number of nitrogens with zero attached hydrogens (tertiary/aromatic N) is 2. The summed E-state index contributed by atoms with van der Waals surface area (Å²) < 4.78 is 15.1. The molecule has 4 nitrogen and oxygen atoms in total. The third-order valence-electron chi connectivity index (χ3n) is 4.47. The molecule has 22 heavy (non-hydrogen) atoms. The largest absolute Gasteiger partial charge is 0.339 e. The molecule has 1 fully saturated rings. The fourth-order valence-electron chi connectivity index (χ4n) is 3.06. The molecule has 116 valence electrons. The number of carbonyl (C=O) groups is 1. The minimum absolute atomic E-state index is 0.0388. The zero-order valence-electron chi connectivity index (χ0n) is 12.9. The highest BCUT2D eigenvalue weighted by Gasteiger charge is 2.41. The maximum atomic E-state index is 15.1. The number of rotatable bonds is 3. The number of aromatic nitrogens is 2. The Bertz CT molecular complexity index is 663. The van der Waals surface area contributed by atoms with Gasteiger partial charge in [0.1, 0.15) is 0 Å². The van der Waals surface area contributed by atoms with Crippen LogP contribution in [-0.4, -0.2) is 34.1 Å². The fourth-order valence-corrected chi connectivity index (χ4v) is 3.06. The van der Waals surface area contributed by atoms with E-state index in [0.29, 0.717) is 18.5 Å². The molecule has 0 aliphatic carbocycles. The number of hydrogen-bond donors (Lipinski definition) is 1. The first-order chi connectivity index (χ1) is 10.5. The highest BCUT2D eigenvalue weighted by atomic mass is 19.1. The number of carbonyl (C=O) groups excluding carboxylic acids is 1. The Morgan fingerprint density at radius 3 is 2.73 bits per heavy atom. The first kappa shape index (κ1) is 14.8. The lowest BCUT2D eigenvalue weighted by atomic mass is 9.95. The Balaban J connectivity index is 1.71. The van der Waals surface area contributed by atoms with Gasteiger partial charge < -0.3 is 4.90 Å². The predicted octanol–water partition coefficient (Wildman–Crippen LogP) is 2.67. The van der Waals surface area contributed by atoms with Crippen molar-refractivity contribution in [2.45, 2.75) is 32.4 Å². The predicted molar refractivity (Wildman–Crippen MR) is 82.2 cm³/mol. The average molecular weight is 301 g/mol. The molecule has 1 N–H and O–H groups in total. The van der Waals surface area contributed by atoms with E-state index in [-0.39, 0.29) is 18.9 Å². The molecule has 0 bridgehead atoms. The van der Waals surface area contributed by atoms with E-state index in [1.54, 1.807) is 17.0 Å². The molecule has 1 saturated heterocycles. The Kier molecular flexibility index (Phi) is 3.72. The van der Waals surface area contributed by atoms with Gasteiger partial charge in [0.25, 0.3) is 0 Å². The van der Waals surface area contributed by atoms with E-state index in [1.165, 1.54) is 0 Å². The number of nitrogens with one attached hydrogen (secondary N) is 1. The maximum Gasteiger partial charge on any atom is 0.227 e. The summed E-state index contributed by atoms with van der Waals surface area (Å²) in [6, 6.07) is 9.12. The lowest BCUT2D eigenvalue weighted by Gasteiger charge is -2.21. The van der Waals surface area contributed by atoms with Gasteiger partial charge in [-0.2, -0.15) is 5.10 Å². The number of amides is 1. The first-order valence-corrected chi connectivity index (χ1v) is 7.52. The number of H-pyrrole nitrogens is 1. The summed E-state index contributed by atoms with van der Waals surface area (Å²) >= 11 is 0. The number of benzene rings is 1. The third kappa shape index (κ3) is 2.63. The second-order valence-electron chi connectivity index (χ2n) is 5.99. The van der Waals surface area contributed by atoms with Crippen LogP contribution in [0.3, 0.4) is 0 Å². The molecule has 1 aromatic carbocycles. The summed E-state index contributed by atoms with van der Waals surface area (Å²) in [5.41, 5.74) is 1.87. The number of aryl methyl sites for hydroxylation is 2. The molecule has 0 radical (unpaired) electrons. The zero-order valence-corrected chi connectivity index (χ0v) is 12.9. The number of halogens is 1. The normalized spacial score (nSPS) is 21.3. The molecular formula is C17H20FN3O. The molecule has 0 saturated carbocycles. The topological polar surface area (TPSA) is 49.0 Å². The van der Waals surface area contributed by atoms with Gasteiger partial charge in [0.2, 0.25) is 5.91 Å². The van der Waals surface area contributed by atoms with Crippen molar-refractivity contribution in [2.75, 3.05) is 13.1 Å². The average Bonchev–Trinajstić information content (AvgIpc) is 3.07. The summed E-state index contributed by atoms with van der Waals surface area (Å²) in [4.78, 5) is 14.1. The van der Waals surface area contributed by atoms with Crippen molar-refractivity contribution in [1.82, 2.24) is 15.1 Å². The number of hydrogen-bond acceptors (Lipinski definition) is 2. The monoisotopic (exact) mass is 301 g/mol. The summed E-state index contributed by atoms with van der Waals surface area (Å²) in [5, 5.41) is 6.98. The van der Waals surface area contributed by atoms with Crippen LogP contribution in [0.25, 0.3) is 0 Å². The Hall–Kier alpha value is -2.17. The van der Waals surface area contributed by atoms with Crippen LogP contribution in [0.1, 0.15) is 28.9 Å². The van der Waals surface area contributed by atoms with E-state index in [4.69, 9.17) is 0 Å². The smallest absolute Gasteiger partial charge is 0.227 e. The Labute approximate surface area is 129 Å². The van der Waals surface area contributed by atoms with Gasteiger partial charge in [-0.1, -0.05) is 30.3 Å². The van der Waals surface area contributed by atoms with Crippen LogP contribution < -0.4 is 0 Å². The SMILES string of the molecule is Cc1n[nH]c(C)c1CC(=O)N1CCC(F)(c2ccccc2)C1. The van der Waals surface area contributed by atoms with Crippen LogP contribution in [0.4, 0.5) is 4.39 Å². The minimum atomic E-state index is -1.43. The van der Waals surface area contributed by atoms with Crippen LogP contribution in [0, 0.1) is 13.8 Å². The van der Waals surface area contributed by atoms with Gasteiger partial charge in [0.05, 0.1) is 18.7 Å². The van der Waals surface area contributed by atoms with Crippen LogP contribution in [-0.2, 0) is 16.9 Å². The zero-order chi connectivity index (χ0) is 15.7. The second-order valence-corrected chi connectivity index (χ2v) is 5.99. The molecule has 1 unspecified atom stereocenters. The molecule has 3 rings (SSSR count). The quantitative estimate of drug-likeness (QED) is 0.947. The van der Waals surface area contributed by atoms with Gasteiger partial charge in [-0.25, -0.2) is 4.39 Å². The van der Waals surface area contributed by atoms with Crippen molar-refractivity contribution in [3.8, 4) is 0 Å². The molecule has 1 aliphatic rings. The minimum Gasteiger partial charge on any atom is -0.339 e. The lowest BCUT2D eigenvalue weighted by Crippen LogP contribution is -2.33. The molecule has 2 heterocycles. The van der Waals surface area contributed by atoms with Crippen LogP contribution in [0.2, 0.25) is 0 Å². The molecular weight excluding hydrogens is 281 g/mol. The summed E-state index contributed by atoms with van der Waals surface area (Å²) in [6.07, 6.45) is 0.630. The number of aromatic amines is 1. The molecule has 5 heteroatoms. The van der Waals surface area contributed by atoms with Crippen LogP contribution in [0.15, 0.2) is 30.3 Å². The van der Waals surface area contributed by atoms with Crippen LogP contribution >= 0.6 is 0 Å². The van der Waals surface area contributed by atoms with Gasteiger partial charge in [0.15, 0.2) is 5.67 Å². The first-order valence-electron chi connectivity index (χ1n) is 7.52. The summed E-state index contributed by atoms with van der Waals surface area (Å²) in [5.74, 6) is -0.0388. The van der Waals surface area contributed by atoms with Crippen molar-refractivity contribution in [1.29, 1.82) is 0 Å². The highest BCUT2D eigenvalue weighted by molar-refractivity contribution is 5.79.